The van der Waals surface area contributed by atoms with Gasteiger partial charge in [0.05, 0.1) is 12.7 Å². The Morgan fingerprint density at radius 3 is 2.62 bits per heavy atom. The molecule has 0 radical (unpaired) electrons. The highest BCUT2D eigenvalue weighted by Gasteiger charge is 2.37. The van der Waals surface area contributed by atoms with Gasteiger partial charge >= 0.3 is 0 Å². The van der Waals surface area contributed by atoms with E-state index in [4.69, 9.17) is 4.74 Å². The fourth-order valence-corrected chi connectivity index (χ4v) is 3.99. The van der Waals surface area contributed by atoms with Crippen molar-refractivity contribution in [3.8, 4) is 0 Å². The van der Waals surface area contributed by atoms with E-state index in [2.05, 4.69) is 18.7 Å². The number of hydrogen-bond acceptors (Lipinski definition) is 3. The van der Waals surface area contributed by atoms with Crippen LogP contribution in [0.2, 0.25) is 0 Å². The summed E-state index contributed by atoms with van der Waals surface area (Å²) in [6, 6.07) is 9.61. The van der Waals surface area contributed by atoms with Crippen LogP contribution in [0, 0.1) is 11.8 Å². The molecule has 132 valence electrons. The molecule has 0 aliphatic carbocycles. The number of likely N-dealkylation sites (tertiary alicyclic amines) is 1. The molecular formula is C20H30N2O2. The monoisotopic (exact) mass is 330 g/mol. The lowest BCUT2D eigenvalue weighted by Crippen LogP contribution is -2.37. The maximum absolute atomic E-state index is 12.7. The molecule has 4 nitrogen and oxygen atoms in total. The molecule has 0 bridgehead atoms. The van der Waals surface area contributed by atoms with Crippen LogP contribution in [0.5, 0.6) is 0 Å². The molecule has 0 N–H and O–H groups in total. The van der Waals surface area contributed by atoms with Crippen LogP contribution < -0.4 is 0 Å². The van der Waals surface area contributed by atoms with E-state index >= 15 is 0 Å². The van der Waals surface area contributed by atoms with Gasteiger partial charge in [0.2, 0.25) is 0 Å². The highest BCUT2D eigenvalue weighted by atomic mass is 16.5. The summed E-state index contributed by atoms with van der Waals surface area (Å²) < 4.78 is 6.09. The average molecular weight is 330 g/mol. The molecule has 2 aliphatic rings. The van der Waals surface area contributed by atoms with E-state index in [1.54, 1.807) is 0 Å². The van der Waals surface area contributed by atoms with Crippen LogP contribution in [0.15, 0.2) is 30.3 Å². The molecule has 3 rings (SSSR count). The highest BCUT2D eigenvalue weighted by molar-refractivity contribution is 5.94. The zero-order valence-corrected chi connectivity index (χ0v) is 15.0. The summed E-state index contributed by atoms with van der Waals surface area (Å²) in [6.45, 7) is 9.96. The Hall–Kier alpha value is -1.39. The van der Waals surface area contributed by atoms with Crippen LogP contribution in [-0.4, -0.2) is 61.1 Å². The molecular weight excluding hydrogens is 300 g/mol. The van der Waals surface area contributed by atoms with Gasteiger partial charge in [0.25, 0.3) is 5.91 Å². The lowest BCUT2D eigenvalue weighted by Gasteiger charge is -2.25. The third-order valence-corrected chi connectivity index (χ3v) is 5.58. The summed E-state index contributed by atoms with van der Waals surface area (Å²) in [5.74, 6) is 1.35. The van der Waals surface area contributed by atoms with Crippen LogP contribution in [0.3, 0.4) is 0 Å². The number of amides is 1. The van der Waals surface area contributed by atoms with Crippen LogP contribution in [0.25, 0.3) is 0 Å². The maximum Gasteiger partial charge on any atom is 0.253 e. The second-order valence-corrected chi connectivity index (χ2v) is 7.19. The van der Waals surface area contributed by atoms with E-state index in [-0.39, 0.29) is 12.0 Å². The van der Waals surface area contributed by atoms with Crippen LogP contribution in [0.1, 0.15) is 37.0 Å². The van der Waals surface area contributed by atoms with E-state index in [0.717, 1.165) is 37.7 Å². The average Bonchev–Trinajstić information content (AvgIpc) is 2.89. The predicted octanol–water partition coefficient (Wildman–Crippen LogP) is 2.90. The molecule has 0 unspecified atom stereocenters. The first-order valence-corrected chi connectivity index (χ1v) is 9.39. The van der Waals surface area contributed by atoms with Crippen molar-refractivity contribution < 1.29 is 9.53 Å². The summed E-state index contributed by atoms with van der Waals surface area (Å²) in [5, 5.41) is 0. The summed E-state index contributed by atoms with van der Waals surface area (Å²) >= 11 is 0. The number of hydrogen-bond donors (Lipinski definition) is 0. The fourth-order valence-electron chi connectivity index (χ4n) is 3.99. The highest BCUT2D eigenvalue weighted by Crippen LogP contribution is 2.26. The van der Waals surface area contributed by atoms with Gasteiger partial charge in [-0.25, -0.2) is 0 Å². The number of nitrogens with zero attached hydrogens (tertiary/aromatic N) is 2. The summed E-state index contributed by atoms with van der Waals surface area (Å²) in [7, 11) is 0. The third kappa shape index (κ3) is 3.98. The second-order valence-electron chi connectivity index (χ2n) is 7.19. The Kier molecular flexibility index (Phi) is 5.90. The molecule has 4 heteroatoms. The SMILES string of the molecule is CCC(CC)CN1C[C@@H]2CN(C(=O)c3ccccc3)CCO[C@@H]2C1. The zero-order chi connectivity index (χ0) is 16.9. The molecule has 1 amide bonds. The van der Waals surface area contributed by atoms with Crippen molar-refractivity contribution in [1.82, 2.24) is 9.80 Å². The molecule has 2 heterocycles. The van der Waals surface area contributed by atoms with Gasteiger partial charge < -0.3 is 14.5 Å². The van der Waals surface area contributed by atoms with Crippen LogP contribution >= 0.6 is 0 Å². The van der Waals surface area contributed by atoms with Gasteiger partial charge in [-0.15, -0.1) is 0 Å². The van der Waals surface area contributed by atoms with E-state index in [0.29, 0.717) is 19.1 Å². The van der Waals surface area contributed by atoms with E-state index in [9.17, 15) is 4.79 Å². The van der Waals surface area contributed by atoms with Gasteiger partial charge in [-0.3, -0.25) is 4.79 Å². The number of fused-ring (bicyclic) bond motifs is 1. The third-order valence-electron chi connectivity index (χ3n) is 5.58. The van der Waals surface area contributed by atoms with Gasteiger partial charge in [0, 0.05) is 44.2 Å². The summed E-state index contributed by atoms with van der Waals surface area (Å²) in [4.78, 5) is 17.3. The van der Waals surface area contributed by atoms with E-state index < -0.39 is 0 Å². The van der Waals surface area contributed by atoms with Gasteiger partial charge in [0.1, 0.15) is 0 Å². The number of benzene rings is 1. The van der Waals surface area contributed by atoms with E-state index in [1.807, 2.05) is 35.2 Å². The largest absolute Gasteiger partial charge is 0.375 e. The predicted molar refractivity (Wildman–Crippen MR) is 96.1 cm³/mol. The molecule has 2 fully saturated rings. The molecule has 2 saturated heterocycles. The lowest BCUT2D eigenvalue weighted by molar-refractivity contribution is 0.0495. The Labute approximate surface area is 145 Å². The van der Waals surface area contributed by atoms with Crippen molar-refractivity contribution >= 4 is 5.91 Å². The Morgan fingerprint density at radius 1 is 1.17 bits per heavy atom. The van der Waals surface area contributed by atoms with Crippen LogP contribution in [0.4, 0.5) is 0 Å². The van der Waals surface area contributed by atoms with Gasteiger partial charge in [-0.2, -0.15) is 0 Å². The van der Waals surface area contributed by atoms with Gasteiger partial charge in [-0.05, 0) is 18.1 Å². The number of carbonyl (C=O) groups excluding carboxylic acids is 1. The smallest absolute Gasteiger partial charge is 0.253 e. The number of carbonyl (C=O) groups is 1. The van der Waals surface area contributed by atoms with Crippen molar-refractivity contribution in [3.05, 3.63) is 35.9 Å². The lowest BCUT2D eigenvalue weighted by atomic mass is 10.0. The normalized spacial score (nSPS) is 24.9. The molecule has 24 heavy (non-hydrogen) atoms. The molecule has 0 saturated carbocycles. The standard InChI is InChI=1S/C20H30N2O2/c1-3-16(4-2)12-21-13-18-14-22(10-11-24-19(18)15-21)20(23)17-8-6-5-7-9-17/h5-9,16,18-19H,3-4,10-15H2,1-2H3/t18-,19-/m1/s1. The quantitative estimate of drug-likeness (QED) is 0.832. The minimum Gasteiger partial charge on any atom is -0.375 e. The molecule has 0 spiro atoms. The number of rotatable bonds is 5. The topological polar surface area (TPSA) is 32.8 Å². The van der Waals surface area contributed by atoms with Crippen molar-refractivity contribution in [2.45, 2.75) is 32.8 Å². The maximum atomic E-state index is 12.7. The Bertz CT molecular complexity index is 530. The molecule has 2 aliphatic heterocycles. The minimum atomic E-state index is 0.137. The number of ether oxygens (including phenoxy) is 1. The fraction of sp³-hybridized carbons (Fsp3) is 0.650. The zero-order valence-electron chi connectivity index (χ0n) is 15.0. The minimum absolute atomic E-state index is 0.137. The molecule has 0 aromatic heterocycles. The van der Waals surface area contributed by atoms with Gasteiger partial charge in [0.15, 0.2) is 0 Å². The molecule has 1 aromatic rings. The van der Waals surface area contributed by atoms with Crippen molar-refractivity contribution in [1.29, 1.82) is 0 Å². The van der Waals surface area contributed by atoms with Gasteiger partial charge in [-0.1, -0.05) is 44.9 Å². The first kappa shape index (κ1) is 17.4. The Balaban J connectivity index is 1.62. The first-order chi connectivity index (χ1) is 11.7. The molecule has 1 aromatic carbocycles. The van der Waals surface area contributed by atoms with Crippen molar-refractivity contribution in [3.63, 3.8) is 0 Å². The summed E-state index contributed by atoms with van der Waals surface area (Å²) in [6.07, 6.45) is 2.76. The van der Waals surface area contributed by atoms with Crippen molar-refractivity contribution in [2.75, 3.05) is 39.3 Å². The first-order valence-electron chi connectivity index (χ1n) is 9.39. The van der Waals surface area contributed by atoms with E-state index in [1.165, 1.54) is 12.8 Å². The molecule has 2 atom stereocenters. The van der Waals surface area contributed by atoms with Crippen LogP contribution in [-0.2, 0) is 4.74 Å². The second kappa shape index (κ2) is 8.13. The summed E-state index contributed by atoms with van der Waals surface area (Å²) in [5.41, 5.74) is 0.780. The Morgan fingerprint density at radius 2 is 1.92 bits per heavy atom. The van der Waals surface area contributed by atoms with Crippen molar-refractivity contribution in [2.24, 2.45) is 11.8 Å².